The molecule has 16 heavy (non-hydrogen) atoms. The lowest BCUT2D eigenvalue weighted by Gasteiger charge is -2.45. The zero-order valence-electron chi connectivity index (χ0n) is 10.7. The number of piperazine rings is 1. The third-order valence-electron chi connectivity index (χ3n) is 3.03. The van der Waals surface area contributed by atoms with Crippen molar-refractivity contribution in [3.05, 3.63) is 0 Å². The van der Waals surface area contributed by atoms with Crippen molar-refractivity contribution < 1.29 is 9.90 Å². The van der Waals surface area contributed by atoms with E-state index in [1.807, 2.05) is 32.8 Å². The topological polar surface area (TPSA) is 55.8 Å². The largest absolute Gasteiger partial charge is 0.394 e. The summed E-state index contributed by atoms with van der Waals surface area (Å²) in [5, 5.41) is 12.2. The molecule has 1 atom stereocenters. The number of hydrogen-bond acceptors (Lipinski definition) is 4. The summed E-state index contributed by atoms with van der Waals surface area (Å²) in [5.74, 6) is 0.000556. The van der Waals surface area contributed by atoms with Gasteiger partial charge in [0.05, 0.1) is 6.61 Å². The van der Waals surface area contributed by atoms with Gasteiger partial charge in [0, 0.05) is 25.2 Å². The van der Waals surface area contributed by atoms with E-state index in [0.29, 0.717) is 6.54 Å². The molecule has 0 aliphatic carbocycles. The van der Waals surface area contributed by atoms with E-state index >= 15 is 0 Å². The molecule has 0 radical (unpaired) electrons. The van der Waals surface area contributed by atoms with Crippen molar-refractivity contribution in [3.63, 3.8) is 0 Å². The molecule has 0 aromatic rings. The number of nitrogens with zero attached hydrogens (tertiary/aromatic N) is 2. The van der Waals surface area contributed by atoms with Crippen molar-refractivity contribution in [1.29, 1.82) is 0 Å². The molecule has 1 fully saturated rings. The minimum Gasteiger partial charge on any atom is -0.394 e. The molecule has 1 aliphatic rings. The Labute approximate surface area is 97.4 Å². The van der Waals surface area contributed by atoms with E-state index in [0.717, 1.165) is 13.1 Å². The standard InChI is InChI=1S/C11H23N3O2/c1-11(2)8-12-9(7-15)10(16)14(11)6-5-13(3)4/h9,12,15H,5-8H2,1-4H3. The highest BCUT2D eigenvalue weighted by Gasteiger charge is 2.39. The first-order valence-corrected chi connectivity index (χ1v) is 5.69. The lowest BCUT2D eigenvalue weighted by Crippen LogP contribution is -2.66. The minimum absolute atomic E-state index is 0.000556. The van der Waals surface area contributed by atoms with Gasteiger partial charge in [-0.1, -0.05) is 0 Å². The van der Waals surface area contributed by atoms with E-state index < -0.39 is 6.04 Å². The SMILES string of the molecule is CN(C)CCN1C(=O)C(CO)NCC1(C)C. The number of hydrogen-bond donors (Lipinski definition) is 2. The maximum Gasteiger partial charge on any atom is 0.242 e. The van der Waals surface area contributed by atoms with Crippen LogP contribution in [0.5, 0.6) is 0 Å². The van der Waals surface area contributed by atoms with E-state index in [4.69, 9.17) is 5.11 Å². The van der Waals surface area contributed by atoms with Crippen LogP contribution in [0.15, 0.2) is 0 Å². The van der Waals surface area contributed by atoms with Gasteiger partial charge in [-0.3, -0.25) is 4.79 Å². The van der Waals surface area contributed by atoms with Gasteiger partial charge in [-0.25, -0.2) is 0 Å². The molecule has 0 spiro atoms. The van der Waals surface area contributed by atoms with Crippen LogP contribution in [0.2, 0.25) is 0 Å². The molecular formula is C11H23N3O2. The summed E-state index contributed by atoms with van der Waals surface area (Å²) in [6.45, 7) is 6.22. The summed E-state index contributed by atoms with van der Waals surface area (Å²) < 4.78 is 0. The molecule has 1 unspecified atom stereocenters. The quantitative estimate of drug-likeness (QED) is 0.657. The molecule has 94 valence electrons. The number of carbonyl (C=O) groups excluding carboxylic acids is 1. The Balaban J connectivity index is 2.69. The Morgan fingerprint density at radius 1 is 1.56 bits per heavy atom. The van der Waals surface area contributed by atoms with Crippen LogP contribution in [0.25, 0.3) is 0 Å². The highest BCUT2D eigenvalue weighted by molar-refractivity contribution is 5.83. The van der Waals surface area contributed by atoms with Gasteiger partial charge in [-0.05, 0) is 27.9 Å². The third kappa shape index (κ3) is 2.93. The molecule has 1 rings (SSSR count). The second-order valence-electron chi connectivity index (χ2n) is 5.22. The number of rotatable bonds is 4. The molecule has 5 heteroatoms. The third-order valence-corrected chi connectivity index (χ3v) is 3.03. The molecule has 0 saturated carbocycles. The fourth-order valence-corrected chi connectivity index (χ4v) is 1.90. The smallest absolute Gasteiger partial charge is 0.242 e. The second kappa shape index (κ2) is 5.12. The maximum atomic E-state index is 12.1. The molecule has 1 amide bonds. The van der Waals surface area contributed by atoms with Gasteiger partial charge in [0.2, 0.25) is 5.91 Å². The van der Waals surface area contributed by atoms with Gasteiger partial charge in [-0.15, -0.1) is 0 Å². The van der Waals surface area contributed by atoms with Gasteiger partial charge in [0.1, 0.15) is 6.04 Å². The first kappa shape index (κ1) is 13.4. The summed E-state index contributed by atoms with van der Waals surface area (Å²) >= 11 is 0. The molecule has 5 nitrogen and oxygen atoms in total. The average Bonchev–Trinajstić information content (AvgIpc) is 2.16. The van der Waals surface area contributed by atoms with Crippen LogP contribution in [0.3, 0.4) is 0 Å². The van der Waals surface area contributed by atoms with Crippen molar-refractivity contribution in [2.75, 3.05) is 40.3 Å². The predicted molar refractivity (Wildman–Crippen MR) is 63.2 cm³/mol. The average molecular weight is 229 g/mol. The number of aliphatic hydroxyl groups excluding tert-OH is 1. The van der Waals surface area contributed by atoms with E-state index in [-0.39, 0.29) is 18.1 Å². The Hall–Kier alpha value is -0.650. The summed E-state index contributed by atoms with van der Waals surface area (Å²) in [4.78, 5) is 16.0. The molecule has 2 N–H and O–H groups in total. The Morgan fingerprint density at radius 2 is 2.19 bits per heavy atom. The van der Waals surface area contributed by atoms with E-state index in [2.05, 4.69) is 10.2 Å². The van der Waals surface area contributed by atoms with Gasteiger partial charge < -0.3 is 20.2 Å². The summed E-state index contributed by atoms with van der Waals surface area (Å²) in [6, 6.07) is -0.435. The van der Waals surface area contributed by atoms with Crippen molar-refractivity contribution in [1.82, 2.24) is 15.1 Å². The second-order valence-corrected chi connectivity index (χ2v) is 5.22. The number of carbonyl (C=O) groups is 1. The predicted octanol–water partition coefficient (Wildman–Crippen LogP) is -0.881. The Kier molecular flexibility index (Phi) is 4.29. The van der Waals surface area contributed by atoms with Crippen LogP contribution in [-0.2, 0) is 4.79 Å². The minimum atomic E-state index is -0.435. The van der Waals surface area contributed by atoms with Crippen LogP contribution in [0, 0.1) is 0 Å². The maximum absolute atomic E-state index is 12.1. The number of likely N-dealkylation sites (N-methyl/N-ethyl adjacent to an activating group) is 1. The molecule has 1 aliphatic heterocycles. The summed E-state index contributed by atoms with van der Waals surface area (Å²) in [6.07, 6.45) is 0. The fourth-order valence-electron chi connectivity index (χ4n) is 1.90. The van der Waals surface area contributed by atoms with Crippen LogP contribution in [-0.4, -0.2) is 72.7 Å². The number of nitrogens with one attached hydrogen (secondary N) is 1. The highest BCUT2D eigenvalue weighted by Crippen LogP contribution is 2.19. The zero-order valence-corrected chi connectivity index (χ0v) is 10.7. The molecule has 0 bridgehead atoms. The molecule has 1 saturated heterocycles. The first-order chi connectivity index (χ1) is 7.38. The van der Waals surface area contributed by atoms with E-state index in [9.17, 15) is 4.79 Å². The van der Waals surface area contributed by atoms with Crippen molar-refractivity contribution in [2.45, 2.75) is 25.4 Å². The normalized spacial score (nSPS) is 25.2. The van der Waals surface area contributed by atoms with E-state index in [1.165, 1.54) is 0 Å². The fraction of sp³-hybridized carbons (Fsp3) is 0.909. The number of aliphatic hydroxyl groups is 1. The monoisotopic (exact) mass is 229 g/mol. The van der Waals surface area contributed by atoms with Crippen LogP contribution < -0.4 is 5.32 Å². The summed E-state index contributed by atoms with van der Waals surface area (Å²) in [5.41, 5.74) is -0.182. The van der Waals surface area contributed by atoms with E-state index in [1.54, 1.807) is 0 Å². The van der Waals surface area contributed by atoms with Crippen molar-refractivity contribution in [3.8, 4) is 0 Å². The van der Waals surface area contributed by atoms with Gasteiger partial charge in [0.15, 0.2) is 0 Å². The molecule has 0 aromatic heterocycles. The lowest BCUT2D eigenvalue weighted by atomic mass is 9.97. The van der Waals surface area contributed by atoms with Crippen molar-refractivity contribution in [2.24, 2.45) is 0 Å². The summed E-state index contributed by atoms with van der Waals surface area (Å²) in [7, 11) is 3.98. The van der Waals surface area contributed by atoms with Gasteiger partial charge in [-0.2, -0.15) is 0 Å². The highest BCUT2D eigenvalue weighted by atomic mass is 16.3. The Bertz CT molecular complexity index is 254. The van der Waals surface area contributed by atoms with Crippen LogP contribution in [0.1, 0.15) is 13.8 Å². The van der Waals surface area contributed by atoms with Crippen molar-refractivity contribution >= 4 is 5.91 Å². The van der Waals surface area contributed by atoms with Crippen LogP contribution >= 0.6 is 0 Å². The molecule has 0 aromatic carbocycles. The van der Waals surface area contributed by atoms with Crippen LogP contribution in [0.4, 0.5) is 0 Å². The molecule has 1 heterocycles. The van der Waals surface area contributed by atoms with Gasteiger partial charge in [0.25, 0.3) is 0 Å². The first-order valence-electron chi connectivity index (χ1n) is 5.69. The van der Waals surface area contributed by atoms with Gasteiger partial charge >= 0.3 is 0 Å². The lowest BCUT2D eigenvalue weighted by molar-refractivity contribution is -0.144. The zero-order chi connectivity index (χ0) is 12.3. The molecular weight excluding hydrogens is 206 g/mol. The number of amides is 1. The Morgan fingerprint density at radius 3 is 2.69 bits per heavy atom.